The molecule has 2 aromatic rings. The third-order valence-corrected chi connectivity index (χ3v) is 3.48. The highest BCUT2D eigenvalue weighted by molar-refractivity contribution is 6.31. The third kappa shape index (κ3) is 4.90. The summed E-state index contributed by atoms with van der Waals surface area (Å²) in [5.41, 5.74) is 0.991. The van der Waals surface area contributed by atoms with Crippen molar-refractivity contribution in [2.75, 3.05) is 24.9 Å². The van der Waals surface area contributed by atoms with E-state index in [4.69, 9.17) is 21.1 Å². The van der Waals surface area contributed by atoms with E-state index < -0.39 is 5.91 Å². The van der Waals surface area contributed by atoms with Crippen molar-refractivity contribution < 1.29 is 14.3 Å². The molecule has 0 saturated heterocycles. The minimum absolute atomic E-state index is 0.0992. The van der Waals surface area contributed by atoms with Crippen LogP contribution in [0.5, 0.6) is 11.5 Å². The number of nitriles is 1. The molecule has 2 aromatic carbocycles. The second kappa shape index (κ2) is 8.62. The summed E-state index contributed by atoms with van der Waals surface area (Å²) in [6, 6.07) is 13.7. The van der Waals surface area contributed by atoms with Crippen LogP contribution in [0.1, 0.15) is 0 Å². The van der Waals surface area contributed by atoms with Gasteiger partial charge in [0.2, 0.25) is 0 Å². The highest BCUT2D eigenvalue weighted by Gasteiger charge is 2.12. The first-order chi connectivity index (χ1) is 12.1. The van der Waals surface area contributed by atoms with Crippen molar-refractivity contribution in [1.82, 2.24) is 0 Å². The molecule has 0 fully saturated rings. The predicted molar refractivity (Wildman–Crippen MR) is 96.9 cm³/mol. The zero-order chi connectivity index (χ0) is 18.2. The van der Waals surface area contributed by atoms with Crippen LogP contribution in [0.4, 0.5) is 11.4 Å². The molecular formula is C18H16ClN3O3. The Morgan fingerprint density at radius 2 is 1.88 bits per heavy atom. The summed E-state index contributed by atoms with van der Waals surface area (Å²) in [6.07, 6.45) is 1.33. The van der Waals surface area contributed by atoms with Gasteiger partial charge in [0, 0.05) is 16.9 Å². The molecule has 2 rings (SSSR count). The molecular weight excluding hydrogens is 342 g/mol. The number of rotatable bonds is 6. The average Bonchev–Trinajstić information content (AvgIpc) is 2.63. The minimum atomic E-state index is -0.580. The quantitative estimate of drug-likeness (QED) is 0.606. The van der Waals surface area contributed by atoms with Gasteiger partial charge >= 0.3 is 0 Å². The number of hydrogen-bond donors (Lipinski definition) is 2. The number of halogens is 1. The molecule has 0 saturated carbocycles. The van der Waals surface area contributed by atoms with Crippen molar-refractivity contribution in [2.45, 2.75) is 0 Å². The fourth-order valence-electron chi connectivity index (χ4n) is 1.96. The van der Waals surface area contributed by atoms with Gasteiger partial charge in [0.1, 0.15) is 23.1 Å². The number of methoxy groups -OCH3 is 2. The number of nitrogens with one attached hydrogen (secondary N) is 2. The van der Waals surface area contributed by atoms with Crippen molar-refractivity contribution in [1.29, 1.82) is 5.26 Å². The number of ether oxygens (including phenoxy) is 2. The van der Waals surface area contributed by atoms with E-state index in [-0.39, 0.29) is 5.57 Å². The first-order valence-corrected chi connectivity index (χ1v) is 7.61. The summed E-state index contributed by atoms with van der Waals surface area (Å²) in [5, 5.41) is 15.2. The standard InChI is InChI=1S/C18H16ClN3O3/c1-24-15-6-4-14(5-7-15)21-11-12(10-20)18(23)22-16-9-13(19)3-8-17(16)25-2/h3-9,11,21H,1-2H3,(H,22,23)/b12-11-. The Kier molecular flexibility index (Phi) is 6.26. The number of nitrogens with zero attached hydrogens (tertiary/aromatic N) is 1. The van der Waals surface area contributed by atoms with Gasteiger partial charge in [-0.15, -0.1) is 0 Å². The van der Waals surface area contributed by atoms with E-state index in [0.29, 0.717) is 27.9 Å². The number of anilines is 2. The summed E-state index contributed by atoms with van der Waals surface area (Å²) in [6.45, 7) is 0. The van der Waals surface area contributed by atoms with Gasteiger partial charge in [0.25, 0.3) is 5.91 Å². The number of carbonyl (C=O) groups is 1. The van der Waals surface area contributed by atoms with E-state index in [2.05, 4.69) is 10.6 Å². The maximum absolute atomic E-state index is 12.3. The third-order valence-electron chi connectivity index (χ3n) is 3.25. The zero-order valence-electron chi connectivity index (χ0n) is 13.7. The molecule has 0 spiro atoms. The molecule has 128 valence electrons. The van der Waals surface area contributed by atoms with Crippen LogP contribution in [0.15, 0.2) is 54.2 Å². The zero-order valence-corrected chi connectivity index (χ0v) is 14.4. The van der Waals surface area contributed by atoms with Crippen molar-refractivity contribution in [3.05, 3.63) is 59.3 Å². The van der Waals surface area contributed by atoms with Gasteiger partial charge in [-0.05, 0) is 42.5 Å². The molecule has 25 heavy (non-hydrogen) atoms. The van der Waals surface area contributed by atoms with Gasteiger partial charge < -0.3 is 20.1 Å². The number of benzene rings is 2. The highest BCUT2D eigenvalue weighted by Crippen LogP contribution is 2.28. The lowest BCUT2D eigenvalue weighted by Crippen LogP contribution is -2.15. The number of hydrogen-bond acceptors (Lipinski definition) is 5. The Labute approximate surface area is 150 Å². The SMILES string of the molecule is COc1ccc(N/C=C(/C#N)C(=O)Nc2cc(Cl)ccc2OC)cc1. The topological polar surface area (TPSA) is 83.4 Å². The van der Waals surface area contributed by atoms with Crippen molar-refractivity contribution in [2.24, 2.45) is 0 Å². The molecule has 2 N–H and O–H groups in total. The Bertz CT molecular complexity index is 826. The molecule has 0 aromatic heterocycles. The van der Waals surface area contributed by atoms with E-state index in [1.54, 1.807) is 49.6 Å². The molecule has 6 nitrogen and oxygen atoms in total. The molecule has 0 aliphatic heterocycles. The Balaban J connectivity index is 2.12. The van der Waals surface area contributed by atoms with E-state index in [9.17, 15) is 10.1 Å². The van der Waals surface area contributed by atoms with Gasteiger partial charge in [-0.3, -0.25) is 4.79 Å². The van der Waals surface area contributed by atoms with Crippen LogP contribution in [0, 0.1) is 11.3 Å². The smallest absolute Gasteiger partial charge is 0.267 e. The lowest BCUT2D eigenvalue weighted by Gasteiger charge is -2.10. The molecule has 0 unspecified atom stereocenters. The number of amides is 1. The second-order valence-corrected chi connectivity index (χ2v) is 5.28. The van der Waals surface area contributed by atoms with Crippen LogP contribution in [0.3, 0.4) is 0 Å². The molecule has 0 atom stereocenters. The van der Waals surface area contributed by atoms with E-state index in [1.165, 1.54) is 13.3 Å². The molecule has 0 aliphatic rings. The van der Waals surface area contributed by atoms with Gasteiger partial charge in [-0.1, -0.05) is 11.6 Å². The molecule has 0 radical (unpaired) electrons. The van der Waals surface area contributed by atoms with Crippen LogP contribution in [0.25, 0.3) is 0 Å². The monoisotopic (exact) mass is 357 g/mol. The van der Waals surface area contributed by atoms with Crippen molar-refractivity contribution in [3.8, 4) is 17.6 Å². The first kappa shape index (κ1) is 18.2. The summed E-state index contributed by atoms with van der Waals surface area (Å²) < 4.78 is 10.2. The largest absolute Gasteiger partial charge is 0.497 e. The van der Waals surface area contributed by atoms with Crippen LogP contribution in [0.2, 0.25) is 5.02 Å². The number of carbonyl (C=O) groups excluding carboxylic acids is 1. The molecule has 0 aliphatic carbocycles. The maximum Gasteiger partial charge on any atom is 0.267 e. The van der Waals surface area contributed by atoms with Gasteiger partial charge in [-0.25, -0.2) is 0 Å². The van der Waals surface area contributed by atoms with Gasteiger partial charge in [-0.2, -0.15) is 5.26 Å². The average molecular weight is 358 g/mol. The Hall–Kier alpha value is -3.17. The van der Waals surface area contributed by atoms with Crippen molar-refractivity contribution >= 4 is 28.9 Å². The normalized spacial score (nSPS) is 10.6. The summed E-state index contributed by atoms with van der Waals surface area (Å²) >= 11 is 5.93. The lowest BCUT2D eigenvalue weighted by atomic mass is 10.2. The van der Waals surface area contributed by atoms with E-state index in [0.717, 1.165) is 0 Å². The van der Waals surface area contributed by atoms with Crippen LogP contribution >= 0.6 is 11.6 Å². The Morgan fingerprint density at radius 3 is 2.48 bits per heavy atom. The van der Waals surface area contributed by atoms with Crippen LogP contribution in [-0.4, -0.2) is 20.1 Å². The summed E-state index contributed by atoms with van der Waals surface area (Å²) in [5.74, 6) is 0.572. The summed E-state index contributed by atoms with van der Waals surface area (Å²) in [7, 11) is 3.05. The molecule has 0 bridgehead atoms. The fourth-order valence-corrected chi connectivity index (χ4v) is 2.13. The minimum Gasteiger partial charge on any atom is -0.497 e. The van der Waals surface area contributed by atoms with E-state index >= 15 is 0 Å². The Morgan fingerprint density at radius 1 is 1.16 bits per heavy atom. The van der Waals surface area contributed by atoms with E-state index in [1.807, 2.05) is 6.07 Å². The first-order valence-electron chi connectivity index (χ1n) is 7.23. The maximum atomic E-state index is 12.3. The summed E-state index contributed by atoms with van der Waals surface area (Å²) in [4.78, 5) is 12.3. The van der Waals surface area contributed by atoms with Crippen molar-refractivity contribution in [3.63, 3.8) is 0 Å². The fraction of sp³-hybridized carbons (Fsp3) is 0.111. The van der Waals surface area contributed by atoms with Gasteiger partial charge in [0.15, 0.2) is 0 Å². The highest BCUT2D eigenvalue weighted by atomic mass is 35.5. The second-order valence-electron chi connectivity index (χ2n) is 4.84. The molecule has 0 heterocycles. The van der Waals surface area contributed by atoms with Crippen LogP contribution in [-0.2, 0) is 4.79 Å². The lowest BCUT2D eigenvalue weighted by molar-refractivity contribution is -0.112. The molecule has 7 heteroatoms. The predicted octanol–water partition coefficient (Wildman–Crippen LogP) is 3.82. The molecule has 1 amide bonds. The van der Waals surface area contributed by atoms with Crippen LogP contribution < -0.4 is 20.1 Å². The van der Waals surface area contributed by atoms with Gasteiger partial charge in [0.05, 0.1) is 19.9 Å².